The van der Waals surface area contributed by atoms with E-state index in [4.69, 9.17) is 5.11 Å². The van der Waals surface area contributed by atoms with E-state index in [0.29, 0.717) is 12.8 Å². The average Bonchev–Trinajstić information content (AvgIpc) is 2.81. The van der Waals surface area contributed by atoms with Gasteiger partial charge >= 0.3 is 0 Å². The minimum atomic E-state index is -0.497. The monoisotopic (exact) mass is 314 g/mol. The molecule has 2 rings (SSSR count). The van der Waals surface area contributed by atoms with Gasteiger partial charge in [-0.15, -0.1) is 11.3 Å². The second-order valence-electron chi connectivity index (χ2n) is 5.34. The first-order valence-electron chi connectivity index (χ1n) is 7.55. The lowest BCUT2D eigenvalue weighted by molar-refractivity contribution is 0.167. The maximum absolute atomic E-state index is 10.6. The van der Waals surface area contributed by atoms with E-state index in [-0.39, 0.29) is 6.61 Å². The third-order valence-corrected chi connectivity index (χ3v) is 4.89. The molecule has 2 aromatic rings. The van der Waals surface area contributed by atoms with Crippen molar-refractivity contribution in [1.29, 1.82) is 0 Å². The zero-order valence-corrected chi connectivity index (χ0v) is 13.9. The quantitative estimate of drug-likeness (QED) is 0.825. The molecule has 0 bridgehead atoms. The van der Waals surface area contributed by atoms with Crippen molar-refractivity contribution in [3.8, 4) is 11.8 Å². The van der Waals surface area contributed by atoms with Gasteiger partial charge in [-0.3, -0.25) is 0 Å². The number of hydrogen-bond donors (Lipinski definition) is 2. The van der Waals surface area contributed by atoms with E-state index in [1.807, 2.05) is 25.1 Å². The summed E-state index contributed by atoms with van der Waals surface area (Å²) in [4.78, 5) is 2.13. The van der Waals surface area contributed by atoms with E-state index < -0.39 is 6.10 Å². The van der Waals surface area contributed by atoms with Crippen molar-refractivity contribution in [3.05, 3.63) is 56.8 Å². The summed E-state index contributed by atoms with van der Waals surface area (Å²) in [7, 11) is 0. The van der Waals surface area contributed by atoms with Crippen LogP contribution in [-0.4, -0.2) is 16.8 Å². The molecule has 1 unspecified atom stereocenters. The molecule has 0 saturated carbocycles. The van der Waals surface area contributed by atoms with Gasteiger partial charge in [0.25, 0.3) is 0 Å². The number of thiophene rings is 1. The predicted octanol–water partition coefficient (Wildman–Crippen LogP) is 3.77. The number of aliphatic hydroxyl groups is 2. The van der Waals surface area contributed by atoms with Gasteiger partial charge in [0.2, 0.25) is 0 Å². The lowest BCUT2D eigenvalue weighted by Gasteiger charge is -2.12. The van der Waals surface area contributed by atoms with Crippen LogP contribution in [-0.2, 0) is 6.42 Å². The highest BCUT2D eigenvalue weighted by atomic mass is 32.1. The highest BCUT2D eigenvalue weighted by molar-refractivity contribution is 7.12. The van der Waals surface area contributed by atoms with Gasteiger partial charge in [0.15, 0.2) is 0 Å². The lowest BCUT2D eigenvalue weighted by atomic mass is 9.98. The molecule has 2 N–H and O–H groups in total. The first kappa shape index (κ1) is 16.8. The predicted molar refractivity (Wildman–Crippen MR) is 92.1 cm³/mol. The summed E-state index contributed by atoms with van der Waals surface area (Å²) in [5.74, 6) is 6.06. The molecule has 0 spiro atoms. The Labute approximate surface area is 136 Å². The van der Waals surface area contributed by atoms with Crippen molar-refractivity contribution in [2.24, 2.45) is 0 Å². The number of rotatable bonds is 5. The molecule has 1 aromatic carbocycles. The molecule has 0 aliphatic heterocycles. The molecular formula is C19H22O2S. The fraction of sp³-hybridized carbons (Fsp3) is 0.368. The van der Waals surface area contributed by atoms with E-state index in [2.05, 4.69) is 30.9 Å². The molecule has 22 heavy (non-hydrogen) atoms. The average molecular weight is 314 g/mol. The largest absolute Gasteiger partial charge is 0.395 e. The van der Waals surface area contributed by atoms with Gasteiger partial charge in [-0.25, -0.2) is 0 Å². The molecule has 0 aliphatic rings. The number of benzene rings is 1. The van der Waals surface area contributed by atoms with Crippen LogP contribution in [0, 0.1) is 25.7 Å². The lowest BCUT2D eigenvalue weighted by Crippen LogP contribution is -2.02. The molecule has 0 amide bonds. The van der Waals surface area contributed by atoms with Crippen LogP contribution in [0.4, 0.5) is 0 Å². The third-order valence-electron chi connectivity index (χ3n) is 3.75. The van der Waals surface area contributed by atoms with Crippen molar-refractivity contribution >= 4 is 11.3 Å². The molecule has 1 aromatic heterocycles. The molecule has 0 saturated heterocycles. The standard InChI is InChI=1S/C19H22O2S/c1-14-15(2)22-18(10-6-7-13-20)19(14)17(21)12-11-16-8-4-3-5-9-16/h3-5,8-9,17,20-21H,7,11-13H2,1-2H3. The molecular weight excluding hydrogens is 292 g/mol. The smallest absolute Gasteiger partial charge is 0.0831 e. The van der Waals surface area contributed by atoms with E-state index in [1.54, 1.807) is 11.3 Å². The van der Waals surface area contributed by atoms with Crippen molar-refractivity contribution in [3.63, 3.8) is 0 Å². The van der Waals surface area contributed by atoms with Crippen LogP contribution in [0.25, 0.3) is 0 Å². The first-order chi connectivity index (χ1) is 10.6. The van der Waals surface area contributed by atoms with Gasteiger partial charge in [-0.2, -0.15) is 0 Å². The summed E-state index contributed by atoms with van der Waals surface area (Å²) < 4.78 is 0. The van der Waals surface area contributed by atoms with Gasteiger partial charge in [0, 0.05) is 16.9 Å². The van der Waals surface area contributed by atoms with Gasteiger partial charge in [-0.1, -0.05) is 42.2 Å². The maximum atomic E-state index is 10.6. The molecule has 0 fully saturated rings. The summed E-state index contributed by atoms with van der Waals surface area (Å²) in [6, 6.07) is 10.2. The van der Waals surface area contributed by atoms with Crippen LogP contribution in [0.3, 0.4) is 0 Å². The maximum Gasteiger partial charge on any atom is 0.0831 e. The Morgan fingerprint density at radius 1 is 1.18 bits per heavy atom. The Morgan fingerprint density at radius 2 is 1.91 bits per heavy atom. The van der Waals surface area contributed by atoms with E-state index in [9.17, 15) is 5.11 Å². The van der Waals surface area contributed by atoms with Crippen LogP contribution in [0.1, 0.15) is 45.4 Å². The Balaban J connectivity index is 2.14. The van der Waals surface area contributed by atoms with Crippen molar-refractivity contribution < 1.29 is 10.2 Å². The second-order valence-corrected chi connectivity index (χ2v) is 6.57. The topological polar surface area (TPSA) is 40.5 Å². The van der Waals surface area contributed by atoms with Crippen LogP contribution in [0.15, 0.2) is 30.3 Å². The van der Waals surface area contributed by atoms with Crippen molar-refractivity contribution in [2.45, 2.75) is 39.2 Å². The highest BCUT2D eigenvalue weighted by Crippen LogP contribution is 2.33. The SMILES string of the molecule is Cc1sc(C#CCCO)c(C(O)CCc2ccccc2)c1C. The Kier molecular flexibility index (Phi) is 6.21. The molecule has 0 radical (unpaired) electrons. The van der Waals surface area contributed by atoms with E-state index in [0.717, 1.165) is 22.4 Å². The van der Waals surface area contributed by atoms with Gasteiger partial charge < -0.3 is 10.2 Å². The summed E-state index contributed by atoms with van der Waals surface area (Å²) in [5, 5.41) is 19.4. The second kappa shape index (κ2) is 8.14. The van der Waals surface area contributed by atoms with E-state index in [1.165, 1.54) is 10.4 Å². The van der Waals surface area contributed by atoms with Gasteiger partial charge in [0.1, 0.15) is 0 Å². The molecule has 0 aliphatic carbocycles. The van der Waals surface area contributed by atoms with Crippen LogP contribution in [0.5, 0.6) is 0 Å². The van der Waals surface area contributed by atoms with Gasteiger partial charge in [-0.05, 0) is 37.8 Å². The first-order valence-corrected chi connectivity index (χ1v) is 8.36. The fourth-order valence-electron chi connectivity index (χ4n) is 2.43. The zero-order valence-electron chi connectivity index (χ0n) is 13.1. The molecule has 116 valence electrons. The third kappa shape index (κ3) is 4.20. The molecule has 3 heteroatoms. The van der Waals surface area contributed by atoms with Gasteiger partial charge in [0.05, 0.1) is 17.6 Å². The summed E-state index contributed by atoms with van der Waals surface area (Å²) in [6.07, 6.45) is 1.51. The van der Waals surface area contributed by atoms with E-state index >= 15 is 0 Å². The van der Waals surface area contributed by atoms with Crippen LogP contribution < -0.4 is 0 Å². The number of aliphatic hydroxyl groups excluding tert-OH is 2. The minimum absolute atomic E-state index is 0.0717. The fourth-order valence-corrected chi connectivity index (χ4v) is 3.52. The Bertz CT molecular complexity index is 662. The zero-order chi connectivity index (χ0) is 15.9. The van der Waals surface area contributed by atoms with Crippen molar-refractivity contribution in [2.75, 3.05) is 6.61 Å². The summed E-state index contributed by atoms with van der Waals surface area (Å²) in [5.41, 5.74) is 3.34. The normalized spacial score (nSPS) is 11.8. The molecule has 1 atom stereocenters. The van der Waals surface area contributed by atoms with Crippen molar-refractivity contribution in [1.82, 2.24) is 0 Å². The number of hydrogen-bond acceptors (Lipinski definition) is 3. The minimum Gasteiger partial charge on any atom is -0.395 e. The summed E-state index contributed by atoms with van der Waals surface area (Å²) in [6.45, 7) is 4.18. The highest BCUT2D eigenvalue weighted by Gasteiger charge is 2.18. The Morgan fingerprint density at radius 3 is 2.59 bits per heavy atom. The Hall–Kier alpha value is -1.60. The van der Waals surface area contributed by atoms with Crippen LogP contribution in [0.2, 0.25) is 0 Å². The molecule has 1 heterocycles. The number of aryl methyl sites for hydroxylation is 2. The summed E-state index contributed by atoms with van der Waals surface area (Å²) >= 11 is 1.63. The molecule has 2 nitrogen and oxygen atoms in total. The van der Waals surface area contributed by atoms with Crippen LogP contribution >= 0.6 is 11.3 Å².